The van der Waals surface area contributed by atoms with E-state index in [0.717, 1.165) is 50.0 Å². The third kappa shape index (κ3) is 6.79. The third-order valence-corrected chi connectivity index (χ3v) is 14.1. The van der Waals surface area contributed by atoms with E-state index in [1.54, 1.807) is 26.0 Å². The van der Waals surface area contributed by atoms with Crippen LogP contribution in [0.3, 0.4) is 0 Å². The Hall–Kier alpha value is -2.11. The number of benzene rings is 2. The van der Waals surface area contributed by atoms with Crippen molar-refractivity contribution in [2.24, 2.45) is 0 Å². The van der Waals surface area contributed by atoms with Gasteiger partial charge in [0.15, 0.2) is 13.9 Å². The summed E-state index contributed by atoms with van der Waals surface area (Å²) in [5.74, 6) is 8.70. The van der Waals surface area contributed by atoms with E-state index in [2.05, 4.69) is 45.7 Å². The molecule has 5 nitrogen and oxygen atoms in total. The summed E-state index contributed by atoms with van der Waals surface area (Å²) < 4.78 is 22.5. The van der Waals surface area contributed by atoms with Gasteiger partial charge < -0.3 is 23.7 Å². The monoisotopic (exact) mass is 570 g/mol. The summed E-state index contributed by atoms with van der Waals surface area (Å²) in [6, 6.07) is 13.4. The molecule has 0 radical (unpaired) electrons. The minimum absolute atomic E-state index is 0.245. The Kier molecular flexibility index (Phi) is 10.5. The molecule has 0 bridgehead atoms. The summed E-state index contributed by atoms with van der Waals surface area (Å²) in [6.07, 6.45) is 7.01. The lowest BCUT2D eigenvalue weighted by atomic mass is 9.75. The average Bonchev–Trinajstić information content (AvgIpc) is 2.91. The highest BCUT2D eigenvalue weighted by Gasteiger charge is 2.56. The molecule has 2 aromatic carbocycles. The first-order chi connectivity index (χ1) is 18.4. The van der Waals surface area contributed by atoms with Gasteiger partial charge in [0.1, 0.15) is 28.6 Å². The number of unbranched alkanes of at least 4 members (excludes halogenated alkanes) is 4. The zero-order valence-corrected chi connectivity index (χ0v) is 26.8. The molecule has 0 fully saturated rings. The number of methoxy groups -OCH3 is 2. The molecule has 1 aliphatic rings. The molecule has 0 aliphatic carbocycles. The molecular weight excluding hydrogens is 525 g/mol. The van der Waals surface area contributed by atoms with Crippen molar-refractivity contribution in [1.29, 1.82) is 0 Å². The van der Waals surface area contributed by atoms with Crippen LogP contribution in [0, 0.1) is 11.8 Å². The largest absolute Gasteiger partial charge is 0.497 e. The molecule has 0 aromatic heterocycles. The minimum atomic E-state index is -1.68. The van der Waals surface area contributed by atoms with Gasteiger partial charge in [-0.3, -0.25) is 0 Å². The highest BCUT2D eigenvalue weighted by molar-refractivity contribution is 7.99. The van der Waals surface area contributed by atoms with Crippen molar-refractivity contribution in [3.8, 4) is 29.1 Å². The molecular formula is C32H46O5SSi. The SMILES string of the molecule is COc1ccc(C2(SC)COc3cc(OC)ccc3C2(O)C#CCCCCCCO[Si](C)(C)C(C)(C)C)cc1. The summed E-state index contributed by atoms with van der Waals surface area (Å²) in [4.78, 5) is 0. The number of thioether (sulfide) groups is 1. The first kappa shape index (κ1) is 31.4. The summed E-state index contributed by atoms with van der Waals surface area (Å²) >= 11 is 1.56. The number of ether oxygens (including phenoxy) is 3. The number of hydrogen-bond acceptors (Lipinski definition) is 6. The molecule has 1 heterocycles. The molecule has 1 aliphatic heterocycles. The number of fused-ring (bicyclic) bond motifs is 1. The first-order valence-corrected chi connectivity index (χ1v) is 17.9. The second-order valence-corrected chi connectivity index (χ2v) is 17.6. The first-order valence-electron chi connectivity index (χ1n) is 13.8. The highest BCUT2D eigenvalue weighted by Crippen LogP contribution is 2.55. The Morgan fingerprint density at radius 2 is 1.62 bits per heavy atom. The lowest BCUT2D eigenvalue weighted by Gasteiger charge is -2.47. The van der Waals surface area contributed by atoms with E-state index in [4.69, 9.17) is 18.6 Å². The summed E-state index contributed by atoms with van der Waals surface area (Å²) in [5, 5.41) is 12.7. The minimum Gasteiger partial charge on any atom is -0.497 e. The highest BCUT2D eigenvalue weighted by atomic mass is 32.2. The van der Waals surface area contributed by atoms with Crippen LogP contribution in [0.4, 0.5) is 0 Å². The molecule has 0 saturated carbocycles. The van der Waals surface area contributed by atoms with Crippen molar-refractivity contribution in [3.05, 3.63) is 53.6 Å². The van der Waals surface area contributed by atoms with Gasteiger partial charge in [-0.05, 0) is 67.1 Å². The Morgan fingerprint density at radius 3 is 2.23 bits per heavy atom. The van der Waals surface area contributed by atoms with Gasteiger partial charge >= 0.3 is 0 Å². The van der Waals surface area contributed by atoms with Gasteiger partial charge in [0.05, 0.1) is 14.2 Å². The van der Waals surface area contributed by atoms with E-state index in [1.807, 2.05) is 48.7 Å². The fraction of sp³-hybridized carbons (Fsp3) is 0.562. The Balaban J connectivity index is 1.75. The predicted octanol–water partition coefficient (Wildman–Crippen LogP) is 7.52. The van der Waals surface area contributed by atoms with Gasteiger partial charge in [-0.2, -0.15) is 0 Å². The zero-order valence-electron chi connectivity index (χ0n) is 25.0. The van der Waals surface area contributed by atoms with Gasteiger partial charge in [0.25, 0.3) is 0 Å². The standard InChI is InChI=1S/C32H46O5SSi/c1-30(2,3)39(7,8)37-22-14-12-10-9-11-13-21-31(33)28-20-19-27(35-5)23-29(28)36-24-32(31,38-6)25-15-17-26(34-4)18-16-25/h15-20,23,33H,9-12,14,22,24H2,1-8H3. The second kappa shape index (κ2) is 13.0. The molecule has 7 heteroatoms. The van der Waals surface area contributed by atoms with Crippen LogP contribution < -0.4 is 14.2 Å². The van der Waals surface area contributed by atoms with E-state index < -0.39 is 18.7 Å². The van der Waals surface area contributed by atoms with E-state index >= 15 is 0 Å². The molecule has 2 unspecified atom stereocenters. The van der Waals surface area contributed by atoms with Gasteiger partial charge in [-0.15, -0.1) is 11.8 Å². The quantitative estimate of drug-likeness (QED) is 0.171. The third-order valence-electron chi connectivity index (χ3n) is 8.23. The van der Waals surface area contributed by atoms with Crippen molar-refractivity contribution in [2.45, 2.75) is 81.4 Å². The van der Waals surface area contributed by atoms with Gasteiger partial charge in [-0.1, -0.05) is 57.6 Å². The lowest BCUT2D eigenvalue weighted by molar-refractivity contribution is 0.00922. The molecule has 214 valence electrons. The maximum absolute atomic E-state index is 12.4. The summed E-state index contributed by atoms with van der Waals surface area (Å²) in [5.41, 5.74) is 0.156. The van der Waals surface area contributed by atoms with Crippen LogP contribution in [-0.2, 0) is 14.8 Å². The smallest absolute Gasteiger partial charge is 0.191 e. The van der Waals surface area contributed by atoms with Gasteiger partial charge in [0, 0.05) is 24.7 Å². The number of aliphatic hydroxyl groups is 1. The normalized spacial score (nSPS) is 20.8. The van der Waals surface area contributed by atoms with E-state index in [1.165, 1.54) is 0 Å². The van der Waals surface area contributed by atoms with Crippen molar-refractivity contribution >= 4 is 20.1 Å². The molecule has 0 saturated heterocycles. The fourth-order valence-corrected chi connectivity index (χ4v) is 6.69. The van der Waals surface area contributed by atoms with Crippen LogP contribution in [0.5, 0.6) is 17.2 Å². The maximum Gasteiger partial charge on any atom is 0.191 e. The van der Waals surface area contributed by atoms with E-state index in [9.17, 15) is 5.11 Å². The van der Waals surface area contributed by atoms with Gasteiger partial charge in [0.2, 0.25) is 0 Å². The molecule has 2 aromatic rings. The van der Waals surface area contributed by atoms with Crippen LogP contribution in [-0.4, -0.2) is 47.1 Å². The maximum atomic E-state index is 12.4. The van der Waals surface area contributed by atoms with Crippen LogP contribution >= 0.6 is 11.8 Å². The van der Waals surface area contributed by atoms with Crippen molar-refractivity contribution in [2.75, 3.05) is 33.7 Å². The number of rotatable bonds is 11. The van der Waals surface area contributed by atoms with E-state index in [0.29, 0.717) is 17.1 Å². The molecule has 39 heavy (non-hydrogen) atoms. The molecule has 1 N–H and O–H groups in total. The Labute approximate surface area is 241 Å². The Morgan fingerprint density at radius 1 is 0.974 bits per heavy atom. The molecule has 3 rings (SSSR count). The summed E-state index contributed by atoms with van der Waals surface area (Å²) in [6.45, 7) is 12.6. The topological polar surface area (TPSA) is 57.2 Å². The van der Waals surface area contributed by atoms with Gasteiger partial charge in [-0.25, -0.2) is 0 Å². The average molecular weight is 571 g/mol. The van der Waals surface area contributed by atoms with Crippen molar-refractivity contribution < 1.29 is 23.7 Å². The van der Waals surface area contributed by atoms with Crippen molar-refractivity contribution in [1.82, 2.24) is 0 Å². The van der Waals surface area contributed by atoms with E-state index in [-0.39, 0.29) is 11.6 Å². The molecule has 2 atom stereocenters. The van der Waals surface area contributed by atoms with Crippen LogP contribution in [0.1, 0.15) is 64.0 Å². The Bertz CT molecular complexity index is 1150. The molecule has 0 spiro atoms. The zero-order chi connectivity index (χ0) is 28.7. The summed E-state index contributed by atoms with van der Waals surface area (Å²) in [7, 11) is 1.60. The van der Waals surface area contributed by atoms with Crippen LogP contribution in [0.15, 0.2) is 42.5 Å². The fourth-order valence-electron chi connectivity index (χ4n) is 4.60. The van der Waals surface area contributed by atoms with Crippen LogP contribution in [0.25, 0.3) is 0 Å². The molecule has 0 amide bonds. The van der Waals surface area contributed by atoms with Crippen molar-refractivity contribution in [3.63, 3.8) is 0 Å². The predicted molar refractivity (Wildman–Crippen MR) is 165 cm³/mol. The lowest BCUT2D eigenvalue weighted by Crippen LogP contribution is -2.53. The second-order valence-electron chi connectivity index (χ2n) is 11.7. The van der Waals surface area contributed by atoms with Crippen LogP contribution in [0.2, 0.25) is 18.1 Å². The number of hydrogen-bond donors (Lipinski definition) is 1.